The Morgan fingerprint density at radius 3 is 2.61 bits per heavy atom. The molecule has 28 heavy (non-hydrogen) atoms. The summed E-state index contributed by atoms with van der Waals surface area (Å²) in [5, 5.41) is 6.83. The van der Waals surface area contributed by atoms with Crippen molar-refractivity contribution in [3.05, 3.63) is 66.5 Å². The number of ether oxygens (including phenoxy) is 1. The molecule has 4 rings (SSSR count). The number of aromatic amines is 1. The summed E-state index contributed by atoms with van der Waals surface area (Å²) in [5.74, 6) is 1.51. The second kappa shape index (κ2) is 8.69. The first-order valence-electron chi connectivity index (χ1n) is 9.72. The maximum absolute atomic E-state index is 12.5. The Hall–Kier alpha value is -3.15. The Labute approximate surface area is 164 Å². The van der Waals surface area contributed by atoms with E-state index in [9.17, 15) is 4.79 Å². The molecule has 1 aliphatic heterocycles. The van der Waals surface area contributed by atoms with Gasteiger partial charge in [-0.3, -0.25) is 14.9 Å². The largest absolute Gasteiger partial charge is 0.492 e. The molecule has 0 unspecified atom stereocenters. The number of aromatic nitrogens is 3. The van der Waals surface area contributed by atoms with E-state index in [-0.39, 0.29) is 5.91 Å². The maximum Gasteiger partial charge on any atom is 0.253 e. The summed E-state index contributed by atoms with van der Waals surface area (Å²) in [6.07, 6.45) is 6.50. The van der Waals surface area contributed by atoms with Gasteiger partial charge in [-0.1, -0.05) is 18.2 Å². The molecule has 0 atom stereocenters. The van der Waals surface area contributed by atoms with Gasteiger partial charge in [-0.05, 0) is 55.5 Å². The topological polar surface area (TPSA) is 71.1 Å². The van der Waals surface area contributed by atoms with Crippen LogP contribution in [0.25, 0.3) is 11.4 Å². The monoisotopic (exact) mass is 376 g/mol. The maximum atomic E-state index is 12.5. The highest BCUT2D eigenvalue weighted by Gasteiger charge is 2.23. The van der Waals surface area contributed by atoms with Gasteiger partial charge in [-0.15, -0.1) is 0 Å². The predicted octanol–water partition coefficient (Wildman–Crippen LogP) is 3.79. The van der Waals surface area contributed by atoms with E-state index in [2.05, 4.69) is 15.2 Å². The minimum absolute atomic E-state index is 0.138. The Balaban J connectivity index is 1.20. The fraction of sp³-hybridized carbons (Fsp3) is 0.318. The molecule has 1 aliphatic rings. The minimum Gasteiger partial charge on any atom is -0.492 e. The second-order valence-electron chi connectivity index (χ2n) is 7.09. The third-order valence-electron chi connectivity index (χ3n) is 5.23. The lowest BCUT2D eigenvalue weighted by atomic mass is 9.93. The van der Waals surface area contributed by atoms with Crippen molar-refractivity contribution in [1.82, 2.24) is 20.1 Å². The van der Waals surface area contributed by atoms with Crippen LogP contribution in [-0.4, -0.2) is 45.7 Å². The zero-order chi connectivity index (χ0) is 19.2. The van der Waals surface area contributed by atoms with Gasteiger partial charge in [0.25, 0.3) is 5.91 Å². The highest BCUT2D eigenvalue weighted by atomic mass is 16.5. The lowest BCUT2D eigenvalue weighted by Gasteiger charge is -2.32. The van der Waals surface area contributed by atoms with E-state index < -0.39 is 0 Å². The van der Waals surface area contributed by atoms with Crippen LogP contribution in [-0.2, 0) is 0 Å². The predicted molar refractivity (Wildman–Crippen MR) is 107 cm³/mol. The van der Waals surface area contributed by atoms with Crippen LogP contribution in [0.5, 0.6) is 5.75 Å². The third kappa shape index (κ3) is 4.39. The van der Waals surface area contributed by atoms with Crippen LogP contribution in [0.1, 0.15) is 29.6 Å². The number of rotatable bonds is 6. The molecule has 0 aliphatic carbocycles. The molecule has 6 nitrogen and oxygen atoms in total. The van der Waals surface area contributed by atoms with Gasteiger partial charge >= 0.3 is 0 Å². The number of piperidine rings is 1. The zero-order valence-corrected chi connectivity index (χ0v) is 15.8. The molecule has 6 heteroatoms. The average molecular weight is 376 g/mol. The lowest BCUT2D eigenvalue weighted by Crippen LogP contribution is -2.38. The number of carbonyl (C=O) groups is 1. The van der Waals surface area contributed by atoms with Gasteiger partial charge < -0.3 is 9.64 Å². The number of benzene rings is 1. The number of carbonyl (C=O) groups excluding carboxylic acids is 1. The minimum atomic E-state index is 0.138. The van der Waals surface area contributed by atoms with Crippen LogP contribution in [0.3, 0.4) is 0 Å². The Kier molecular flexibility index (Phi) is 5.66. The summed E-state index contributed by atoms with van der Waals surface area (Å²) in [6.45, 7) is 2.31. The van der Waals surface area contributed by atoms with E-state index in [1.165, 1.54) is 0 Å². The van der Waals surface area contributed by atoms with Crippen LogP contribution in [0.4, 0.5) is 0 Å². The van der Waals surface area contributed by atoms with Crippen LogP contribution in [0.2, 0.25) is 0 Å². The summed E-state index contributed by atoms with van der Waals surface area (Å²) < 4.78 is 5.86. The van der Waals surface area contributed by atoms with E-state index >= 15 is 0 Å². The number of H-pyrrole nitrogens is 1. The van der Waals surface area contributed by atoms with Crippen LogP contribution in [0, 0.1) is 5.92 Å². The van der Waals surface area contributed by atoms with Crippen molar-refractivity contribution < 1.29 is 9.53 Å². The fourth-order valence-electron chi connectivity index (χ4n) is 3.56. The molecule has 3 aromatic rings. The van der Waals surface area contributed by atoms with E-state index in [4.69, 9.17) is 4.74 Å². The molecule has 0 saturated carbocycles. The number of hydrogen-bond donors (Lipinski definition) is 1. The quantitative estimate of drug-likeness (QED) is 0.710. The fourth-order valence-corrected chi connectivity index (χ4v) is 3.56. The van der Waals surface area contributed by atoms with E-state index in [1.807, 2.05) is 53.4 Å². The summed E-state index contributed by atoms with van der Waals surface area (Å²) in [5.41, 5.74) is 2.51. The molecule has 0 spiro atoms. The van der Waals surface area contributed by atoms with Crippen molar-refractivity contribution in [3.8, 4) is 17.1 Å². The molecule has 2 aromatic heterocycles. The van der Waals surface area contributed by atoms with Gasteiger partial charge in [0.05, 0.1) is 24.2 Å². The first kappa shape index (κ1) is 18.2. The highest BCUT2D eigenvalue weighted by molar-refractivity contribution is 5.94. The first-order chi connectivity index (χ1) is 13.8. The third-order valence-corrected chi connectivity index (χ3v) is 5.23. The molecule has 1 saturated heterocycles. The van der Waals surface area contributed by atoms with Gasteiger partial charge in [0, 0.05) is 24.8 Å². The number of amides is 1. The number of nitrogens with zero attached hydrogens (tertiary/aromatic N) is 3. The molecule has 1 amide bonds. The first-order valence-corrected chi connectivity index (χ1v) is 9.72. The molecule has 1 aromatic carbocycles. The van der Waals surface area contributed by atoms with Crippen molar-refractivity contribution in [2.75, 3.05) is 19.7 Å². The van der Waals surface area contributed by atoms with E-state index in [1.54, 1.807) is 12.4 Å². The summed E-state index contributed by atoms with van der Waals surface area (Å²) in [6, 6.07) is 15.3. The standard InChI is InChI=1S/C22H24N4O2/c27-22(18-4-2-1-3-5-18)26-13-9-17(10-14-26)11-15-28-19-6-7-20(23-16-19)21-8-12-24-25-21/h1-8,12,16-17H,9-11,13-15H2,(H,24,25). The number of hydrogen-bond acceptors (Lipinski definition) is 4. The highest BCUT2D eigenvalue weighted by Crippen LogP contribution is 2.23. The van der Waals surface area contributed by atoms with Crippen LogP contribution < -0.4 is 4.74 Å². The Morgan fingerprint density at radius 1 is 1.11 bits per heavy atom. The van der Waals surface area contributed by atoms with Crippen molar-refractivity contribution >= 4 is 5.91 Å². The van der Waals surface area contributed by atoms with Gasteiger partial charge in [0.2, 0.25) is 0 Å². The second-order valence-corrected chi connectivity index (χ2v) is 7.09. The number of likely N-dealkylation sites (tertiary alicyclic amines) is 1. The summed E-state index contributed by atoms with van der Waals surface area (Å²) in [7, 11) is 0. The number of nitrogens with one attached hydrogen (secondary N) is 1. The van der Waals surface area contributed by atoms with Gasteiger partial charge in [-0.2, -0.15) is 5.10 Å². The van der Waals surface area contributed by atoms with Gasteiger partial charge in [0.15, 0.2) is 0 Å². The smallest absolute Gasteiger partial charge is 0.253 e. The normalized spacial score (nSPS) is 14.8. The van der Waals surface area contributed by atoms with Gasteiger partial charge in [0.1, 0.15) is 5.75 Å². The molecule has 0 bridgehead atoms. The van der Waals surface area contributed by atoms with Crippen molar-refractivity contribution in [3.63, 3.8) is 0 Å². The summed E-state index contributed by atoms with van der Waals surface area (Å²) in [4.78, 5) is 18.9. The van der Waals surface area contributed by atoms with Crippen molar-refractivity contribution in [1.29, 1.82) is 0 Å². The Morgan fingerprint density at radius 2 is 1.93 bits per heavy atom. The molecule has 0 radical (unpaired) electrons. The molecular formula is C22H24N4O2. The average Bonchev–Trinajstić information content (AvgIpc) is 3.30. The molecule has 1 N–H and O–H groups in total. The van der Waals surface area contributed by atoms with Crippen molar-refractivity contribution in [2.24, 2.45) is 5.92 Å². The molecular weight excluding hydrogens is 352 g/mol. The van der Waals surface area contributed by atoms with E-state index in [0.29, 0.717) is 12.5 Å². The SMILES string of the molecule is O=C(c1ccccc1)N1CCC(CCOc2ccc(-c3ccn[nH]3)nc2)CC1. The lowest BCUT2D eigenvalue weighted by molar-refractivity contribution is 0.0680. The zero-order valence-electron chi connectivity index (χ0n) is 15.8. The number of pyridine rings is 1. The molecule has 144 valence electrons. The van der Waals surface area contributed by atoms with Gasteiger partial charge in [-0.25, -0.2) is 0 Å². The van der Waals surface area contributed by atoms with Crippen LogP contribution >= 0.6 is 0 Å². The molecule has 3 heterocycles. The Bertz CT molecular complexity index is 871. The van der Waals surface area contributed by atoms with E-state index in [0.717, 1.165) is 55.1 Å². The summed E-state index contributed by atoms with van der Waals surface area (Å²) >= 11 is 0. The van der Waals surface area contributed by atoms with Crippen LogP contribution in [0.15, 0.2) is 60.9 Å². The van der Waals surface area contributed by atoms with Crippen molar-refractivity contribution in [2.45, 2.75) is 19.3 Å². The molecule has 1 fully saturated rings.